The number of alkyl halides is 2. The molecule has 2 amide bonds. The number of pyridine rings is 1. The number of ether oxygens (including phenoxy) is 1. The molecule has 2 aromatic carbocycles. The number of benzene rings is 2. The molecule has 5 aromatic rings. The maximum atomic E-state index is 15.2. The summed E-state index contributed by atoms with van der Waals surface area (Å²) in [6.07, 6.45) is 6.76. The first-order chi connectivity index (χ1) is 28.3. The molecule has 2 saturated heterocycles. The number of aromatic nitrogens is 5. The molecule has 1 unspecified atom stereocenters. The maximum Gasteiger partial charge on any atom is 0.301 e. The second-order valence-corrected chi connectivity index (χ2v) is 17.7. The highest BCUT2D eigenvalue weighted by Gasteiger charge is 2.51. The Balaban J connectivity index is 0.831. The molecule has 4 fully saturated rings. The minimum absolute atomic E-state index is 0.112. The van der Waals surface area contributed by atoms with Gasteiger partial charge in [-0.2, -0.15) is 10.1 Å². The highest BCUT2D eigenvalue weighted by atomic mass is 35.5. The molecule has 59 heavy (non-hydrogen) atoms. The minimum Gasteiger partial charge on any atom is -0.480 e. The summed E-state index contributed by atoms with van der Waals surface area (Å²) in [5.41, 5.74) is 3.73. The van der Waals surface area contributed by atoms with Gasteiger partial charge >= 0.3 is 5.92 Å². The van der Waals surface area contributed by atoms with Crippen LogP contribution in [0, 0.1) is 17.3 Å². The number of imide groups is 1. The number of halogens is 3. The standard InChI is InChI=1S/C42H45ClF2N10O4/c1-21-16-41(14-13-28(21)48-29-6-4-5-24-32(52-54(3)34(24)29)25-10-12-31(56)49-38(25)57)18-55(19-41)40-46-17-27(43)37(51-40)47-23-9-11-30-26(15-23)33-35(39(58)53(30)2)59-20-42(44,45)36(50-33)22-7-8-22/h4-6,9,11,15,17,21-22,25,28,36,48,50H,7-8,10,12-14,16,18-20H2,1-3H3,(H,46,47,51)(H,49,56,57)/t21-,25?,28+,36+/m1/s1. The predicted molar refractivity (Wildman–Crippen MR) is 221 cm³/mol. The summed E-state index contributed by atoms with van der Waals surface area (Å²) in [7, 11) is 3.50. The molecule has 0 radical (unpaired) electrons. The zero-order valence-electron chi connectivity index (χ0n) is 32.9. The van der Waals surface area contributed by atoms with E-state index < -0.39 is 30.0 Å². The van der Waals surface area contributed by atoms with E-state index in [-0.39, 0.29) is 40.6 Å². The van der Waals surface area contributed by atoms with Crippen molar-refractivity contribution >= 4 is 74.0 Å². The Morgan fingerprint density at radius 3 is 2.61 bits per heavy atom. The van der Waals surface area contributed by atoms with Crippen LogP contribution in [-0.4, -0.2) is 73.8 Å². The SMILES string of the molecule is C[C@@H]1CC2(CC[C@@H]1Nc1cccc3c(C4CCC(=O)NC4=O)nn(C)c13)CN(c1ncc(Cl)c(Nc3ccc4c(c3)c3c(c(=O)n4C)OCC(F)(F)[C@H](C4CC4)N3)n1)C2. The van der Waals surface area contributed by atoms with E-state index in [9.17, 15) is 14.4 Å². The number of hydrogen-bond donors (Lipinski definition) is 4. The van der Waals surface area contributed by atoms with Crippen LogP contribution < -0.4 is 36.5 Å². The average molecular weight is 827 g/mol. The fraction of sp³-hybridized carbons (Fsp3) is 0.476. The molecule has 308 valence electrons. The molecule has 4 atom stereocenters. The lowest BCUT2D eigenvalue weighted by molar-refractivity contribution is -0.134. The number of carbonyl (C=O) groups is 2. The molecule has 1 spiro atoms. The summed E-state index contributed by atoms with van der Waals surface area (Å²) in [6.45, 7) is 3.05. The van der Waals surface area contributed by atoms with E-state index in [1.807, 2.05) is 23.9 Å². The Kier molecular flexibility index (Phi) is 8.82. The van der Waals surface area contributed by atoms with E-state index in [1.54, 1.807) is 31.4 Å². The molecular formula is C42H45ClF2N10O4. The van der Waals surface area contributed by atoms with Crippen LogP contribution in [0.1, 0.15) is 63.5 Å². The summed E-state index contributed by atoms with van der Waals surface area (Å²) < 4.78 is 39.1. The van der Waals surface area contributed by atoms with Crippen molar-refractivity contribution in [2.45, 2.75) is 75.8 Å². The Labute approximate surface area is 343 Å². The molecule has 17 heteroatoms. The Bertz CT molecular complexity index is 2620. The second kappa shape index (κ2) is 13.8. The first-order valence-corrected chi connectivity index (χ1v) is 20.7. The van der Waals surface area contributed by atoms with Gasteiger partial charge < -0.3 is 30.2 Å². The van der Waals surface area contributed by atoms with Crippen molar-refractivity contribution in [2.75, 3.05) is 40.5 Å². The smallest absolute Gasteiger partial charge is 0.301 e. The van der Waals surface area contributed by atoms with Gasteiger partial charge in [0, 0.05) is 61.5 Å². The fourth-order valence-electron chi connectivity index (χ4n) is 9.99. The number of piperidine rings is 1. The normalized spacial score (nSPS) is 24.8. The zero-order chi connectivity index (χ0) is 41.0. The van der Waals surface area contributed by atoms with E-state index >= 15 is 8.78 Å². The van der Waals surface area contributed by atoms with Crippen molar-refractivity contribution in [1.29, 1.82) is 0 Å². The van der Waals surface area contributed by atoms with Crippen molar-refractivity contribution in [3.63, 3.8) is 0 Å². The van der Waals surface area contributed by atoms with Gasteiger partial charge in [-0.3, -0.25) is 24.4 Å². The third kappa shape index (κ3) is 6.50. The van der Waals surface area contributed by atoms with Crippen LogP contribution in [0.3, 0.4) is 0 Å². The summed E-state index contributed by atoms with van der Waals surface area (Å²) in [5.74, 6) is -3.09. The van der Waals surface area contributed by atoms with Gasteiger partial charge in [0.1, 0.15) is 5.02 Å². The fourth-order valence-corrected chi connectivity index (χ4v) is 10.1. The lowest BCUT2D eigenvalue weighted by Gasteiger charge is -2.55. The van der Waals surface area contributed by atoms with Crippen LogP contribution >= 0.6 is 11.6 Å². The molecule has 10 rings (SSSR count). The molecule has 0 bridgehead atoms. The summed E-state index contributed by atoms with van der Waals surface area (Å²) in [5, 5.41) is 19.2. The number of carbonyl (C=O) groups excluding carboxylic acids is 2. The number of rotatable bonds is 7. The van der Waals surface area contributed by atoms with Gasteiger partial charge in [-0.25, -0.2) is 13.8 Å². The van der Waals surface area contributed by atoms with E-state index in [0.29, 0.717) is 70.7 Å². The number of amides is 2. The van der Waals surface area contributed by atoms with Crippen molar-refractivity contribution < 1.29 is 23.1 Å². The van der Waals surface area contributed by atoms with Crippen LogP contribution in [-0.2, 0) is 23.7 Å². The molecular weight excluding hydrogens is 782 g/mol. The van der Waals surface area contributed by atoms with Gasteiger partial charge in [0.2, 0.25) is 23.5 Å². The van der Waals surface area contributed by atoms with Crippen molar-refractivity contribution in [3.05, 3.63) is 63.7 Å². The third-order valence-corrected chi connectivity index (χ3v) is 13.4. The largest absolute Gasteiger partial charge is 0.480 e. The minimum atomic E-state index is -3.13. The number of anilines is 5. The van der Waals surface area contributed by atoms with Crippen LogP contribution in [0.4, 0.5) is 37.6 Å². The number of nitrogens with zero attached hydrogens (tertiary/aromatic N) is 6. The first-order valence-electron chi connectivity index (χ1n) is 20.3. The van der Waals surface area contributed by atoms with Crippen LogP contribution in [0.25, 0.3) is 21.8 Å². The Hall–Kier alpha value is -5.51. The van der Waals surface area contributed by atoms with Gasteiger partial charge in [0.15, 0.2) is 12.4 Å². The molecule has 6 heterocycles. The van der Waals surface area contributed by atoms with Crippen molar-refractivity contribution in [1.82, 2.24) is 29.6 Å². The quantitative estimate of drug-likeness (QED) is 0.134. The van der Waals surface area contributed by atoms with Crippen LogP contribution in [0.15, 0.2) is 47.4 Å². The Morgan fingerprint density at radius 1 is 1.03 bits per heavy atom. The molecule has 4 N–H and O–H groups in total. The first kappa shape index (κ1) is 37.7. The molecule has 3 aromatic heterocycles. The topological polar surface area (TPSA) is 160 Å². The van der Waals surface area contributed by atoms with Gasteiger partial charge in [-0.05, 0) is 74.6 Å². The van der Waals surface area contributed by atoms with E-state index in [1.165, 1.54) is 4.57 Å². The van der Waals surface area contributed by atoms with Crippen LogP contribution in [0.2, 0.25) is 5.02 Å². The van der Waals surface area contributed by atoms with Gasteiger partial charge in [0.25, 0.3) is 5.56 Å². The molecule has 5 aliphatic rings. The number of aryl methyl sites for hydroxylation is 2. The second-order valence-electron chi connectivity index (χ2n) is 17.3. The summed E-state index contributed by atoms with van der Waals surface area (Å²) in [6, 6.07) is 10.5. The third-order valence-electron chi connectivity index (χ3n) is 13.2. The van der Waals surface area contributed by atoms with Crippen molar-refractivity contribution in [2.24, 2.45) is 31.3 Å². The molecule has 3 aliphatic heterocycles. The summed E-state index contributed by atoms with van der Waals surface area (Å²) >= 11 is 6.64. The highest BCUT2D eigenvalue weighted by molar-refractivity contribution is 6.33. The predicted octanol–water partition coefficient (Wildman–Crippen LogP) is 6.46. The Morgan fingerprint density at radius 2 is 1.85 bits per heavy atom. The number of para-hydroxylation sites is 1. The van der Waals surface area contributed by atoms with Crippen LogP contribution in [0.5, 0.6) is 5.75 Å². The molecule has 14 nitrogen and oxygen atoms in total. The lowest BCUT2D eigenvalue weighted by atomic mass is 9.64. The molecule has 2 aliphatic carbocycles. The van der Waals surface area contributed by atoms with Gasteiger partial charge in [0.05, 0.1) is 46.3 Å². The van der Waals surface area contributed by atoms with Gasteiger partial charge in [-0.15, -0.1) is 0 Å². The average Bonchev–Trinajstić information content (AvgIpc) is 3.99. The number of fused-ring (bicyclic) bond motifs is 4. The zero-order valence-corrected chi connectivity index (χ0v) is 33.7. The van der Waals surface area contributed by atoms with Gasteiger partial charge in [-0.1, -0.05) is 30.7 Å². The lowest BCUT2D eigenvalue weighted by Crippen LogP contribution is -2.60. The van der Waals surface area contributed by atoms with E-state index in [2.05, 4.69) is 44.1 Å². The summed E-state index contributed by atoms with van der Waals surface area (Å²) in [4.78, 5) is 49.3. The number of hydrogen-bond acceptors (Lipinski definition) is 11. The monoisotopic (exact) mass is 826 g/mol. The van der Waals surface area contributed by atoms with E-state index in [0.717, 1.165) is 48.9 Å². The number of nitrogens with one attached hydrogen (secondary N) is 4. The molecule has 2 saturated carbocycles. The van der Waals surface area contributed by atoms with E-state index in [4.69, 9.17) is 26.4 Å². The maximum absolute atomic E-state index is 15.2. The van der Waals surface area contributed by atoms with Crippen molar-refractivity contribution in [3.8, 4) is 5.75 Å². The highest BCUT2D eigenvalue weighted by Crippen LogP contribution is 2.49.